The number of hydrogen-bond donors (Lipinski definition) is 2. The molecule has 0 bridgehead atoms. The normalized spacial score (nSPS) is 13.4. The number of aromatic nitrogens is 1. The van der Waals surface area contributed by atoms with Gasteiger partial charge in [0.2, 0.25) is 0 Å². The van der Waals surface area contributed by atoms with Gasteiger partial charge in [0.05, 0.1) is 5.75 Å². The molecule has 2 N–H and O–H groups in total. The number of nitrogens with zero attached hydrogens (tertiary/aromatic N) is 1. The number of aromatic carboxylic acids is 1. The smallest absolute Gasteiger partial charge is 0.357 e. The van der Waals surface area contributed by atoms with Crippen LogP contribution in [-0.4, -0.2) is 42.5 Å². The van der Waals surface area contributed by atoms with Crippen LogP contribution in [0.1, 0.15) is 17.4 Å². The zero-order valence-corrected chi connectivity index (χ0v) is 9.61. The Morgan fingerprint density at radius 2 is 2.31 bits per heavy atom. The fraction of sp³-hybridized carbons (Fsp3) is 0.500. The minimum absolute atomic E-state index is 0.00597. The lowest BCUT2D eigenvalue weighted by Crippen LogP contribution is -2.25. The van der Waals surface area contributed by atoms with E-state index in [1.807, 2.05) is 0 Å². The maximum Gasteiger partial charge on any atom is 0.357 e. The molecule has 90 valence electrons. The fourth-order valence-electron chi connectivity index (χ4n) is 1.14. The van der Waals surface area contributed by atoms with Crippen LogP contribution in [0.15, 0.2) is 10.7 Å². The van der Waals surface area contributed by atoms with Gasteiger partial charge in [0.15, 0.2) is 5.69 Å². The lowest BCUT2D eigenvalue weighted by Gasteiger charge is -2.09. The molecule has 0 saturated heterocycles. The molecule has 1 aromatic heterocycles. The molecule has 0 aromatic carbocycles. The average molecular weight is 248 g/mol. The Labute approximate surface area is 92.4 Å². The molecule has 16 heavy (non-hydrogen) atoms. The largest absolute Gasteiger partial charge is 0.476 e. The summed E-state index contributed by atoms with van der Waals surface area (Å²) in [7, 11) is -3.10. The molecule has 1 atom stereocenters. The number of nitrogens with one attached hydrogen (secondary N) is 1. The molecule has 1 unspecified atom stereocenters. The third-order valence-electron chi connectivity index (χ3n) is 1.65. The van der Waals surface area contributed by atoms with Crippen molar-refractivity contribution in [2.75, 3.05) is 17.3 Å². The van der Waals surface area contributed by atoms with E-state index in [-0.39, 0.29) is 17.5 Å². The van der Waals surface area contributed by atoms with Crippen LogP contribution in [-0.2, 0) is 9.84 Å². The van der Waals surface area contributed by atoms with E-state index >= 15 is 0 Å². The van der Waals surface area contributed by atoms with Gasteiger partial charge < -0.3 is 14.8 Å². The Balaban J connectivity index is 2.63. The van der Waals surface area contributed by atoms with Crippen LogP contribution in [0, 0.1) is 0 Å². The number of carbonyl (C=O) groups is 1. The summed E-state index contributed by atoms with van der Waals surface area (Å²) >= 11 is 0. The average Bonchev–Trinajstić information content (AvgIpc) is 2.48. The first-order chi connectivity index (χ1) is 7.28. The zero-order chi connectivity index (χ0) is 12.3. The second kappa shape index (κ2) is 4.52. The zero-order valence-electron chi connectivity index (χ0n) is 8.80. The molecule has 0 aliphatic carbocycles. The van der Waals surface area contributed by atoms with Crippen molar-refractivity contribution in [1.29, 1.82) is 0 Å². The summed E-state index contributed by atoms with van der Waals surface area (Å²) in [6.45, 7) is 1.63. The van der Waals surface area contributed by atoms with Gasteiger partial charge in [-0.3, -0.25) is 0 Å². The Morgan fingerprint density at radius 3 is 2.75 bits per heavy atom. The SMILES string of the molecule is CC(CS(C)(=O)=O)Nc1nc(C(=O)O)co1. The molecule has 0 saturated carbocycles. The highest BCUT2D eigenvalue weighted by Gasteiger charge is 2.14. The monoisotopic (exact) mass is 248 g/mol. The van der Waals surface area contributed by atoms with Crippen molar-refractivity contribution in [2.24, 2.45) is 0 Å². The minimum atomic E-state index is -3.10. The molecule has 1 rings (SSSR count). The van der Waals surface area contributed by atoms with Gasteiger partial charge in [0.25, 0.3) is 6.01 Å². The number of rotatable bonds is 5. The van der Waals surface area contributed by atoms with Crippen LogP contribution in [0.3, 0.4) is 0 Å². The predicted octanol–water partition coefficient (Wildman–Crippen LogP) is 0.218. The van der Waals surface area contributed by atoms with Gasteiger partial charge in [-0.2, -0.15) is 4.98 Å². The third-order valence-corrected chi connectivity index (χ3v) is 2.75. The molecule has 0 fully saturated rings. The van der Waals surface area contributed by atoms with Gasteiger partial charge in [-0.15, -0.1) is 0 Å². The van der Waals surface area contributed by atoms with E-state index in [1.165, 1.54) is 0 Å². The summed E-state index contributed by atoms with van der Waals surface area (Å²) in [4.78, 5) is 14.1. The molecular weight excluding hydrogens is 236 g/mol. The van der Waals surface area contributed by atoms with Gasteiger partial charge in [-0.25, -0.2) is 13.2 Å². The summed E-state index contributed by atoms with van der Waals surface area (Å²) in [5.74, 6) is -1.29. The van der Waals surface area contributed by atoms with E-state index < -0.39 is 21.8 Å². The number of carboxylic acids is 1. The van der Waals surface area contributed by atoms with Gasteiger partial charge >= 0.3 is 5.97 Å². The Bertz CT molecular complexity index is 478. The van der Waals surface area contributed by atoms with E-state index in [4.69, 9.17) is 9.52 Å². The number of sulfone groups is 1. The van der Waals surface area contributed by atoms with Crippen molar-refractivity contribution >= 4 is 21.8 Å². The lowest BCUT2D eigenvalue weighted by atomic mass is 10.4. The van der Waals surface area contributed by atoms with Gasteiger partial charge in [0.1, 0.15) is 16.1 Å². The van der Waals surface area contributed by atoms with Gasteiger partial charge in [0, 0.05) is 12.3 Å². The van der Waals surface area contributed by atoms with E-state index in [9.17, 15) is 13.2 Å². The van der Waals surface area contributed by atoms with Crippen molar-refractivity contribution in [3.8, 4) is 0 Å². The second-order valence-electron chi connectivity index (χ2n) is 3.48. The quantitative estimate of drug-likeness (QED) is 0.766. The molecule has 0 amide bonds. The van der Waals surface area contributed by atoms with Crippen molar-refractivity contribution in [2.45, 2.75) is 13.0 Å². The highest BCUT2D eigenvalue weighted by atomic mass is 32.2. The van der Waals surface area contributed by atoms with Crippen LogP contribution in [0.25, 0.3) is 0 Å². The molecule has 0 radical (unpaired) electrons. The molecule has 0 aliphatic rings. The van der Waals surface area contributed by atoms with Crippen LogP contribution in [0.4, 0.5) is 6.01 Å². The first kappa shape index (κ1) is 12.5. The highest BCUT2D eigenvalue weighted by Crippen LogP contribution is 2.09. The maximum atomic E-state index is 11.0. The Morgan fingerprint density at radius 1 is 1.69 bits per heavy atom. The number of oxazole rings is 1. The molecule has 7 nitrogen and oxygen atoms in total. The van der Waals surface area contributed by atoms with E-state index in [0.717, 1.165) is 12.5 Å². The molecular formula is C8H12N2O5S. The van der Waals surface area contributed by atoms with Crippen molar-refractivity contribution < 1.29 is 22.7 Å². The molecule has 8 heteroatoms. The van der Waals surface area contributed by atoms with Crippen LogP contribution in [0.5, 0.6) is 0 Å². The summed E-state index contributed by atoms with van der Waals surface area (Å²) in [6.07, 6.45) is 2.10. The Hall–Kier alpha value is -1.57. The van der Waals surface area contributed by atoms with Crippen molar-refractivity contribution in [3.63, 3.8) is 0 Å². The highest BCUT2D eigenvalue weighted by molar-refractivity contribution is 7.90. The topological polar surface area (TPSA) is 110 Å². The number of anilines is 1. The number of carboxylic acid groups (broad SMARTS) is 1. The molecule has 0 aliphatic heterocycles. The Kier molecular flexibility index (Phi) is 3.53. The predicted molar refractivity (Wildman–Crippen MR) is 56.3 cm³/mol. The van der Waals surface area contributed by atoms with Crippen molar-refractivity contribution in [1.82, 2.24) is 4.98 Å². The van der Waals surface area contributed by atoms with Crippen LogP contribution < -0.4 is 5.32 Å². The molecule has 1 aromatic rings. The van der Waals surface area contributed by atoms with E-state index in [0.29, 0.717) is 0 Å². The lowest BCUT2D eigenvalue weighted by molar-refractivity contribution is 0.0690. The molecule has 0 spiro atoms. The summed E-state index contributed by atoms with van der Waals surface area (Å²) in [5.41, 5.74) is -0.228. The second-order valence-corrected chi connectivity index (χ2v) is 5.67. The standard InChI is InChI=1S/C8H12N2O5S/c1-5(4-16(2,13)14)9-8-10-6(3-15-8)7(11)12/h3,5H,4H2,1-2H3,(H,9,10)(H,11,12). The van der Waals surface area contributed by atoms with Gasteiger partial charge in [-0.05, 0) is 6.92 Å². The van der Waals surface area contributed by atoms with Crippen molar-refractivity contribution in [3.05, 3.63) is 12.0 Å². The maximum absolute atomic E-state index is 11.0. The van der Waals surface area contributed by atoms with E-state index in [1.54, 1.807) is 6.92 Å². The minimum Gasteiger partial charge on any atom is -0.476 e. The summed E-state index contributed by atoms with van der Waals surface area (Å²) in [6, 6.07) is -0.413. The van der Waals surface area contributed by atoms with Crippen LogP contribution >= 0.6 is 0 Å². The fourth-order valence-corrected chi connectivity index (χ4v) is 2.14. The first-order valence-electron chi connectivity index (χ1n) is 4.41. The first-order valence-corrected chi connectivity index (χ1v) is 6.47. The summed E-state index contributed by atoms with van der Waals surface area (Å²) in [5, 5.41) is 11.2. The van der Waals surface area contributed by atoms with Crippen LogP contribution in [0.2, 0.25) is 0 Å². The number of hydrogen-bond acceptors (Lipinski definition) is 6. The van der Waals surface area contributed by atoms with E-state index in [2.05, 4.69) is 10.3 Å². The van der Waals surface area contributed by atoms with Gasteiger partial charge in [-0.1, -0.05) is 0 Å². The summed E-state index contributed by atoms with van der Waals surface area (Å²) < 4.78 is 26.7. The molecule has 1 heterocycles. The third kappa shape index (κ3) is 3.89.